The number of hydrogen-bond donors (Lipinski definition) is 0. The van der Waals surface area contributed by atoms with Crippen molar-refractivity contribution in [2.45, 2.75) is 40.5 Å². The van der Waals surface area contributed by atoms with Gasteiger partial charge in [-0.1, -0.05) is 27.7 Å². The van der Waals surface area contributed by atoms with Gasteiger partial charge in [0, 0.05) is 5.41 Å². The van der Waals surface area contributed by atoms with Crippen LogP contribution in [-0.2, 0) is 14.3 Å². The van der Waals surface area contributed by atoms with Gasteiger partial charge in [-0.2, -0.15) is 0 Å². The van der Waals surface area contributed by atoms with E-state index in [1.807, 2.05) is 27.7 Å². The van der Waals surface area contributed by atoms with Crippen LogP contribution in [0, 0.1) is 10.8 Å². The van der Waals surface area contributed by atoms with E-state index in [1.54, 1.807) is 0 Å². The molecule has 3 nitrogen and oxygen atoms in total. The van der Waals surface area contributed by atoms with Crippen LogP contribution in [0.2, 0.25) is 0 Å². The molecule has 0 saturated heterocycles. The van der Waals surface area contributed by atoms with Crippen LogP contribution in [-0.4, -0.2) is 19.4 Å². The van der Waals surface area contributed by atoms with Crippen molar-refractivity contribution in [3.63, 3.8) is 0 Å². The van der Waals surface area contributed by atoms with Gasteiger partial charge in [0.05, 0.1) is 13.5 Å². The molecule has 0 N–H and O–H groups in total. The van der Waals surface area contributed by atoms with Gasteiger partial charge >= 0.3 is 5.97 Å². The molecule has 0 aliphatic rings. The molecule has 0 spiro atoms. The first-order valence-corrected chi connectivity index (χ1v) is 4.76. The quantitative estimate of drug-likeness (QED) is 0.504. The number of esters is 1. The number of aldehydes is 1. The molecule has 0 rings (SSSR count). The van der Waals surface area contributed by atoms with Crippen LogP contribution < -0.4 is 0 Å². The lowest BCUT2D eigenvalue weighted by Crippen LogP contribution is -2.27. The highest BCUT2D eigenvalue weighted by molar-refractivity contribution is 5.70. The zero-order valence-corrected chi connectivity index (χ0v) is 9.72. The molecule has 14 heavy (non-hydrogen) atoms. The predicted octanol–water partition coefficient (Wildman–Crippen LogP) is 2.19. The van der Waals surface area contributed by atoms with Crippen LogP contribution in [0.5, 0.6) is 0 Å². The Bertz CT molecular complexity index is 217. The van der Waals surface area contributed by atoms with Crippen molar-refractivity contribution in [2.24, 2.45) is 10.8 Å². The number of rotatable bonds is 5. The fraction of sp³-hybridized carbons (Fsp3) is 0.818. The van der Waals surface area contributed by atoms with Gasteiger partial charge in [0.2, 0.25) is 0 Å². The molecule has 0 unspecified atom stereocenters. The molecule has 0 radical (unpaired) electrons. The molecule has 0 saturated carbocycles. The summed E-state index contributed by atoms with van der Waals surface area (Å²) in [6.07, 6.45) is 1.96. The summed E-state index contributed by atoms with van der Waals surface area (Å²) in [5.74, 6) is -0.225. The Hall–Kier alpha value is -0.860. The maximum absolute atomic E-state index is 11.1. The van der Waals surface area contributed by atoms with E-state index in [0.717, 1.165) is 6.29 Å². The summed E-state index contributed by atoms with van der Waals surface area (Å²) in [5.41, 5.74) is -0.574. The Labute approximate surface area is 85.8 Å². The molecule has 0 bridgehead atoms. The molecule has 82 valence electrons. The topological polar surface area (TPSA) is 43.4 Å². The van der Waals surface area contributed by atoms with Crippen LogP contribution >= 0.6 is 0 Å². The monoisotopic (exact) mass is 200 g/mol. The van der Waals surface area contributed by atoms with E-state index >= 15 is 0 Å². The zero-order valence-electron chi connectivity index (χ0n) is 9.72. The van der Waals surface area contributed by atoms with Crippen LogP contribution in [0.1, 0.15) is 40.5 Å². The highest BCUT2D eigenvalue weighted by Crippen LogP contribution is 2.34. The van der Waals surface area contributed by atoms with Gasteiger partial charge in [-0.15, -0.1) is 0 Å². The minimum Gasteiger partial charge on any atom is -0.469 e. The van der Waals surface area contributed by atoms with Crippen molar-refractivity contribution in [1.82, 2.24) is 0 Å². The van der Waals surface area contributed by atoms with Crippen molar-refractivity contribution in [2.75, 3.05) is 7.11 Å². The second-order valence-corrected chi connectivity index (χ2v) is 5.20. The van der Waals surface area contributed by atoms with Gasteiger partial charge in [0.15, 0.2) is 0 Å². The Balaban J connectivity index is 4.33. The normalized spacial score (nSPS) is 12.4. The third-order valence-electron chi connectivity index (χ3n) is 2.10. The molecule has 0 atom stereocenters. The minimum absolute atomic E-state index is 0.197. The molecular weight excluding hydrogens is 180 g/mol. The van der Waals surface area contributed by atoms with Crippen molar-refractivity contribution in [1.29, 1.82) is 0 Å². The minimum atomic E-state index is -0.377. The maximum atomic E-state index is 11.1. The van der Waals surface area contributed by atoms with E-state index in [1.165, 1.54) is 7.11 Å². The molecule has 3 heteroatoms. The van der Waals surface area contributed by atoms with Gasteiger partial charge in [0.25, 0.3) is 0 Å². The fourth-order valence-corrected chi connectivity index (χ4v) is 1.80. The summed E-state index contributed by atoms with van der Waals surface area (Å²) in [4.78, 5) is 21.8. The number of methoxy groups -OCH3 is 1. The summed E-state index contributed by atoms with van der Waals surface area (Å²) >= 11 is 0. The van der Waals surface area contributed by atoms with Crippen molar-refractivity contribution < 1.29 is 14.3 Å². The van der Waals surface area contributed by atoms with Crippen LogP contribution in [0.3, 0.4) is 0 Å². The fourth-order valence-electron chi connectivity index (χ4n) is 1.80. The summed E-state index contributed by atoms with van der Waals surface area (Å²) in [7, 11) is 1.38. The molecule has 0 aliphatic heterocycles. The second kappa shape index (κ2) is 4.58. The Kier molecular flexibility index (Phi) is 4.30. The average Bonchev–Trinajstić information content (AvgIpc) is 2.01. The molecule has 0 heterocycles. The highest BCUT2D eigenvalue weighted by atomic mass is 16.5. The van der Waals surface area contributed by atoms with Crippen molar-refractivity contribution >= 4 is 12.3 Å². The largest absolute Gasteiger partial charge is 0.469 e. The van der Waals surface area contributed by atoms with E-state index in [9.17, 15) is 9.59 Å². The van der Waals surface area contributed by atoms with Gasteiger partial charge in [-0.25, -0.2) is 0 Å². The van der Waals surface area contributed by atoms with Crippen molar-refractivity contribution in [3.05, 3.63) is 0 Å². The number of ether oxygens (including phenoxy) is 1. The summed E-state index contributed by atoms with van der Waals surface area (Å²) in [6, 6.07) is 0. The van der Waals surface area contributed by atoms with E-state index in [4.69, 9.17) is 0 Å². The van der Waals surface area contributed by atoms with Crippen LogP contribution in [0.25, 0.3) is 0 Å². The summed E-state index contributed by atoms with van der Waals surface area (Å²) < 4.78 is 4.61. The summed E-state index contributed by atoms with van der Waals surface area (Å²) in [5, 5.41) is 0. The smallest absolute Gasteiger partial charge is 0.306 e. The highest BCUT2D eigenvalue weighted by Gasteiger charge is 2.30. The number of carbonyl (C=O) groups is 2. The molecule has 0 aliphatic carbocycles. The Morgan fingerprint density at radius 1 is 1.29 bits per heavy atom. The first-order valence-electron chi connectivity index (χ1n) is 4.76. The standard InChI is InChI=1S/C11H20O3/c1-10(2,6-9(13)14-5)7-11(3,4)8-12/h8H,6-7H2,1-5H3. The number of carbonyl (C=O) groups excluding carboxylic acids is 2. The molecule has 0 aromatic rings. The first-order chi connectivity index (χ1) is 6.22. The SMILES string of the molecule is COC(=O)CC(C)(C)CC(C)(C)C=O. The lowest BCUT2D eigenvalue weighted by Gasteiger charge is -2.30. The molecule has 0 aromatic heterocycles. The molecular formula is C11H20O3. The third kappa shape index (κ3) is 5.00. The third-order valence-corrected chi connectivity index (χ3v) is 2.10. The van der Waals surface area contributed by atoms with E-state index in [2.05, 4.69) is 4.74 Å². The van der Waals surface area contributed by atoms with E-state index < -0.39 is 0 Å². The van der Waals surface area contributed by atoms with Gasteiger partial charge in [-0.3, -0.25) is 4.79 Å². The lowest BCUT2D eigenvalue weighted by atomic mass is 9.74. The van der Waals surface area contributed by atoms with Gasteiger partial charge in [0.1, 0.15) is 6.29 Å². The summed E-state index contributed by atoms with van der Waals surface area (Å²) in [6.45, 7) is 7.68. The van der Waals surface area contributed by atoms with Crippen LogP contribution in [0.4, 0.5) is 0 Å². The Morgan fingerprint density at radius 2 is 1.79 bits per heavy atom. The predicted molar refractivity (Wildman–Crippen MR) is 54.9 cm³/mol. The van der Waals surface area contributed by atoms with E-state index in [-0.39, 0.29) is 16.8 Å². The van der Waals surface area contributed by atoms with Crippen molar-refractivity contribution in [3.8, 4) is 0 Å². The molecule has 0 amide bonds. The zero-order chi connectivity index (χ0) is 11.4. The van der Waals surface area contributed by atoms with E-state index in [0.29, 0.717) is 12.8 Å². The average molecular weight is 200 g/mol. The Morgan fingerprint density at radius 3 is 2.14 bits per heavy atom. The van der Waals surface area contributed by atoms with Gasteiger partial charge in [-0.05, 0) is 11.8 Å². The maximum Gasteiger partial charge on any atom is 0.306 e. The second-order valence-electron chi connectivity index (χ2n) is 5.20. The van der Waals surface area contributed by atoms with Gasteiger partial charge < -0.3 is 9.53 Å². The molecule has 0 fully saturated rings. The number of hydrogen-bond acceptors (Lipinski definition) is 3. The van der Waals surface area contributed by atoms with Crippen LogP contribution in [0.15, 0.2) is 0 Å². The lowest BCUT2D eigenvalue weighted by molar-refractivity contribution is -0.143. The molecule has 0 aromatic carbocycles. The first kappa shape index (κ1) is 13.1.